The molecule has 0 aliphatic heterocycles. The molecule has 0 saturated heterocycles. The molecule has 0 unspecified atom stereocenters. The van der Waals surface area contributed by atoms with E-state index in [0.29, 0.717) is 22.6 Å². The molecule has 2 aliphatic rings. The van der Waals surface area contributed by atoms with E-state index in [0.717, 1.165) is 30.7 Å². The van der Waals surface area contributed by atoms with Crippen molar-refractivity contribution in [3.8, 4) is 0 Å². The third kappa shape index (κ3) is 3.21. The maximum Gasteiger partial charge on any atom is 0.228 e. The van der Waals surface area contributed by atoms with E-state index in [1.54, 1.807) is 24.3 Å². The first-order valence-electron chi connectivity index (χ1n) is 9.32. The van der Waals surface area contributed by atoms with Crippen molar-refractivity contribution in [1.29, 1.82) is 0 Å². The van der Waals surface area contributed by atoms with Gasteiger partial charge in [-0.15, -0.1) is 0 Å². The number of ether oxygens (including phenoxy) is 1. The zero-order valence-electron chi connectivity index (χ0n) is 15.2. The summed E-state index contributed by atoms with van der Waals surface area (Å²) in [7, 11) is 1.48. The van der Waals surface area contributed by atoms with E-state index in [9.17, 15) is 9.59 Å². The molecule has 2 aromatic rings. The fourth-order valence-electron chi connectivity index (χ4n) is 4.40. The van der Waals surface area contributed by atoms with Crippen molar-refractivity contribution in [3.05, 3.63) is 81.6 Å². The van der Waals surface area contributed by atoms with Crippen LogP contribution in [0.1, 0.15) is 57.9 Å². The Morgan fingerprint density at radius 2 is 1.37 bits per heavy atom. The molecule has 0 heterocycles. The number of fused-ring (bicyclic) bond motifs is 1. The van der Waals surface area contributed by atoms with Gasteiger partial charge >= 0.3 is 0 Å². The first-order valence-corrected chi connectivity index (χ1v) is 9.70. The van der Waals surface area contributed by atoms with Crippen molar-refractivity contribution in [3.63, 3.8) is 0 Å². The van der Waals surface area contributed by atoms with Gasteiger partial charge in [-0.3, -0.25) is 9.59 Å². The SMILES string of the molecule is COC1=C(C2CCC(c3ccc(Cl)cc3)CC2)C(=O)c2ccccc2C1=O. The molecule has 3 nitrogen and oxygen atoms in total. The number of hydrogen-bond acceptors (Lipinski definition) is 3. The highest BCUT2D eigenvalue weighted by atomic mass is 35.5. The second-order valence-electron chi connectivity index (χ2n) is 7.25. The summed E-state index contributed by atoms with van der Waals surface area (Å²) in [5.74, 6) is 0.522. The Hall–Kier alpha value is -2.39. The molecule has 0 radical (unpaired) electrons. The van der Waals surface area contributed by atoms with Crippen LogP contribution in [0.25, 0.3) is 0 Å². The van der Waals surface area contributed by atoms with Crippen LogP contribution in [-0.2, 0) is 4.74 Å². The Morgan fingerprint density at radius 3 is 1.96 bits per heavy atom. The van der Waals surface area contributed by atoms with Gasteiger partial charge in [0.1, 0.15) is 0 Å². The van der Waals surface area contributed by atoms with Gasteiger partial charge in [-0.25, -0.2) is 0 Å². The fourth-order valence-corrected chi connectivity index (χ4v) is 4.52. The second kappa shape index (κ2) is 7.32. The molecule has 4 heteroatoms. The van der Waals surface area contributed by atoms with Crippen molar-refractivity contribution in [2.75, 3.05) is 7.11 Å². The summed E-state index contributed by atoms with van der Waals surface area (Å²) in [4.78, 5) is 25.9. The van der Waals surface area contributed by atoms with E-state index in [2.05, 4.69) is 12.1 Å². The van der Waals surface area contributed by atoms with Gasteiger partial charge in [0.2, 0.25) is 5.78 Å². The molecule has 0 N–H and O–H groups in total. The number of rotatable bonds is 3. The molecule has 0 atom stereocenters. The number of Topliss-reactive ketones (excluding diaryl/α,β-unsaturated/α-hetero) is 2. The maximum atomic E-state index is 13.1. The number of methoxy groups -OCH3 is 1. The zero-order valence-corrected chi connectivity index (χ0v) is 16.0. The normalized spacial score (nSPS) is 22.6. The van der Waals surface area contributed by atoms with Crippen LogP contribution in [0.2, 0.25) is 5.02 Å². The smallest absolute Gasteiger partial charge is 0.228 e. The van der Waals surface area contributed by atoms with Gasteiger partial charge in [0, 0.05) is 21.7 Å². The molecular formula is C23H21ClO3. The van der Waals surface area contributed by atoms with Crippen molar-refractivity contribution < 1.29 is 14.3 Å². The van der Waals surface area contributed by atoms with Crippen LogP contribution in [-0.4, -0.2) is 18.7 Å². The van der Waals surface area contributed by atoms with Crippen LogP contribution in [0, 0.1) is 5.92 Å². The number of carbonyl (C=O) groups is 2. The van der Waals surface area contributed by atoms with E-state index < -0.39 is 0 Å². The molecule has 0 bridgehead atoms. The van der Waals surface area contributed by atoms with Crippen LogP contribution in [0.4, 0.5) is 0 Å². The third-order valence-corrected chi connectivity index (χ3v) is 6.04. The third-order valence-electron chi connectivity index (χ3n) is 5.79. The summed E-state index contributed by atoms with van der Waals surface area (Å²) in [6.45, 7) is 0. The van der Waals surface area contributed by atoms with E-state index in [1.165, 1.54) is 12.7 Å². The number of halogens is 1. The van der Waals surface area contributed by atoms with Gasteiger partial charge in [-0.05, 0) is 55.2 Å². The lowest BCUT2D eigenvalue weighted by Crippen LogP contribution is -2.29. The molecule has 2 aliphatic carbocycles. The van der Waals surface area contributed by atoms with Crippen LogP contribution in [0.5, 0.6) is 0 Å². The molecule has 0 amide bonds. The summed E-state index contributed by atoms with van der Waals surface area (Å²) in [5.41, 5.74) is 2.79. The summed E-state index contributed by atoms with van der Waals surface area (Å²) < 4.78 is 5.42. The Kier molecular flexibility index (Phi) is 4.88. The minimum Gasteiger partial charge on any atom is -0.492 e. The maximum absolute atomic E-state index is 13.1. The number of hydrogen-bond donors (Lipinski definition) is 0. The first-order chi connectivity index (χ1) is 13.1. The molecule has 2 aromatic carbocycles. The fraction of sp³-hybridized carbons (Fsp3) is 0.304. The summed E-state index contributed by atoms with van der Waals surface area (Å²) in [6, 6.07) is 15.0. The zero-order chi connectivity index (χ0) is 19.0. The van der Waals surface area contributed by atoms with E-state index in [-0.39, 0.29) is 23.2 Å². The van der Waals surface area contributed by atoms with Crippen LogP contribution < -0.4 is 0 Å². The molecular weight excluding hydrogens is 360 g/mol. The highest BCUT2D eigenvalue weighted by Gasteiger charge is 2.38. The summed E-state index contributed by atoms with van der Waals surface area (Å²) in [5, 5.41) is 0.743. The average molecular weight is 381 g/mol. The second-order valence-corrected chi connectivity index (χ2v) is 7.69. The number of benzene rings is 2. The van der Waals surface area contributed by atoms with Gasteiger partial charge in [0.15, 0.2) is 11.5 Å². The quantitative estimate of drug-likeness (QED) is 0.696. The van der Waals surface area contributed by atoms with Crippen molar-refractivity contribution in [2.24, 2.45) is 5.92 Å². The Bertz CT molecular complexity index is 919. The van der Waals surface area contributed by atoms with Gasteiger partial charge in [0.05, 0.1) is 7.11 Å². The van der Waals surface area contributed by atoms with Crippen LogP contribution in [0.3, 0.4) is 0 Å². The van der Waals surface area contributed by atoms with Crippen LogP contribution >= 0.6 is 11.6 Å². The molecule has 138 valence electrons. The van der Waals surface area contributed by atoms with E-state index in [4.69, 9.17) is 16.3 Å². The largest absolute Gasteiger partial charge is 0.492 e. The number of allylic oxidation sites excluding steroid dienone is 2. The molecule has 0 aromatic heterocycles. The molecule has 1 fully saturated rings. The van der Waals surface area contributed by atoms with Gasteiger partial charge < -0.3 is 4.74 Å². The van der Waals surface area contributed by atoms with Crippen molar-refractivity contribution in [2.45, 2.75) is 31.6 Å². The van der Waals surface area contributed by atoms with Crippen LogP contribution in [0.15, 0.2) is 59.9 Å². The van der Waals surface area contributed by atoms with Crippen molar-refractivity contribution in [1.82, 2.24) is 0 Å². The predicted molar refractivity (Wildman–Crippen MR) is 105 cm³/mol. The van der Waals surface area contributed by atoms with Crippen molar-refractivity contribution >= 4 is 23.2 Å². The Balaban J connectivity index is 1.59. The topological polar surface area (TPSA) is 43.4 Å². The highest BCUT2D eigenvalue weighted by Crippen LogP contribution is 2.42. The highest BCUT2D eigenvalue weighted by molar-refractivity contribution is 6.30. The minimum atomic E-state index is -0.178. The molecule has 1 saturated carbocycles. The summed E-state index contributed by atoms with van der Waals surface area (Å²) >= 11 is 5.99. The molecule has 27 heavy (non-hydrogen) atoms. The lowest BCUT2D eigenvalue weighted by atomic mass is 9.72. The first kappa shape index (κ1) is 18.0. The average Bonchev–Trinajstić information content (AvgIpc) is 2.71. The number of carbonyl (C=O) groups excluding carboxylic acids is 2. The Labute approximate surface area is 164 Å². The van der Waals surface area contributed by atoms with E-state index in [1.807, 2.05) is 12.1 Å². The van der Waals surface area contributed by atoms with Gasteiger partial charge in [-0.2, -0.15) is 0 Å². The Morgan fingerprint density at radius 1 is 0.815 bits per heavy atom. The monoisotopic (exact) mass is 380 g/mol. The number of ketones is 2. The standard InChI is InChI=1S/C23H21ClO3/c1-27-23-20(21(25)18-4-2-3-5-19(18)22(23)26)16-8-6-14(7-9-16)15-10-12-17(24)13-11-15/h2-5,10-14,16H,6-9H2,1H3. The molecule has 4 rings (SSSR count). The molecule has 0 spiro atoms. The lowest BCUT2D eigenvalue weighted by molar-refractivity contribution is 0.0890. The van der Waals surface area contributed by atoms with Gasteiger partial charge in [0.25, 0.3) is 0 Å². The van der Waals surface area contributed by atoms with Gasteiger partial charge in [-0.1, -0.05) is 48.0 Å². The minimum absolute atomic E-state index is 0.0583. The van der Waals surface area contributed by atoms with E-state index >= 15 is 0 Å². The lowest BCUT2D eigenvalue weighted by Gasteiger charge is -2.32. The summed E-state index contributed by atoms with van der Waals surface area (Å²) in [6.07, 6.45) is 3.71. The predicted octanol–water partition coefficient (Wildman–Crippen LogP) is 5.59.